The fraction of sp³-hybridized carbons (Fsp3) is 0.385. The summed E-state index contributed by atoms with van der Waals surface area (Å²) in [6.07, 6.45) is 1.64. The Labute approximate surface area is 207 Å². The quantitative estimate of drug-likeness (QED) is 0.329. The molecule has 0 aliphatic rings. The first-order chi connectivity index (χ1) is 16.8. The molecular weight excluding hydrogens is 465 g/mol. The Hall–Kier alpha value is -3.20. The van der Waals surface area contributed by atoms with E-state index in [9.17, 15) is 14.0 Å². The minimum Gasteiger partial charge on any atom is -0.350 e. The highest BCUT2D eigenvalue weighted by molar-refractivity contribution is 7.98. The molecule has 2 aromatic carbocycles. The molecule has 0 radical (unpaired) electrons. The lowest BCUT2D eigenvalue weighted by Gasteiger charge is -2.14. The summed E-state index contributed by atoms with van der Waals surface area (Å²) < 4.78 is 16.8. The van der Waals surface area contributed by atoms with E-state index in [1.807, 2.05) is 18.2 Å². The lowest BCUT2D eigenvalue weighted by molar-refractivity contribution is 0.0939. The molecule has 0 aliphatic carbocycles. The normalized spacial score (nSPS) is 12.5. The van der Waals surface area contributed by atoms with E-state index >= 15 is 0 Å². The van der Waals surface area contributed by atoms with E-state index in [1.54, 1.807) is 34.9 Å². The third-order valence-electron chi connectivity index (χ3n) is 6.04. The predicted molar refractivity (Wildman–Crippen MR) is 137 cm³/mol. The molecule has 0 fully saturated rings. The molecular formula is C26H30FN5O2S. The Balaban J connectivity index is 1.83. The molecule has 0 saturated heterocycles. The van der Waals surface area contributed by atoms with Gasteiger partial charge in [0.05, 0.1) is 10.9 Å². The van der Waals surface area contributed by atoms with Crippen LogP contribution in [0.15, 0.2) is 52.4 Å². The van der Waals surface area contributed by atoms with Gasteiger partial charge < -0.3 is 5.32 Å². The second-order valence-electron chi connectivity index (χ2n) is 9.19. The van der Waals surface area contributed by atoms with E-state index in [4.69, 9.17) is 0 Å². The molecule has 0 spiro atoms. The Morgan fingerprint density at radius 3 is 2.54 bits per heavy atom. The fourth-order valence-corrected chi connectivity index (χ4v) is 4.64. The number of aromatic nitrogens is 4. The summed E-state index contributed by atoms with van der Waals surface area (Å²) in [6.45, 7) is 8.70. The number of carbonyl (C=O) groups excluding carboxylic acids is 1. The largest absolute Gasteiger partial charge is 0.350 e. The minimum atomic E-state index is -0.282. The predicted octanol–water partition coefficient (Wildman–Crippen LogP) is 5.05. The SMILES string of the molecule is CC[C@H](C)NC(=O)c1ccc2c(=O)n(CCC(C)C)c3nnc(SCc4ccc(F)cc4)n3c2c1. The van der Waals surface area contributed by atoms with Crippen molar-refractivity contribution >= 4 is 34.3 Å². The van der Waals surface area contributed by atoms with Crippen molar-refractivity contribution in [2.75, 3.05) is 0 Å². The Bertz CT molecular complexity index is 1410. The summed E-state index contributed by atoms with van der Waals surface area (Å²) in [7, 11) is 0. The molecule has 2 heterocycles. The van der Waals surface area contributed by atoms with Crippen LogP contribution in [0.4, 0.5) is 4.39 Å². The maximum Gasteiger partial charge on any atom is 0.262 e. The second-order valence-corrected chi connectivity index (χ2v) is 10.1. The topological polar surface area (TPSA) is 81.3 Å². The molecule has 0 unspecified atom stereocenters. The van der Waals surface area contributed by atoms with Crippen LogP contribution in [-0.2, 0) is 12.3 Å². The van der Waals surface area contributed by atoms with Crippen LogP contribution in [0, 0.1) is 11.7 Å². The highest BCUT2D eigenvalue weighted by Crippen LogP contribution is 2.26. The van der Waals surface area contributed by atoms with Crippen molar-refractivity contribution in [3.8, 4) is 0 Å². The number of rotatable bonds is 9. The van der Waals surface area contributed by atoms with E-state index in [-0.39, 0.29) is 23.3 Å². The van der Waals surface area contributed by atoms with Gasteiger partial charge in [-0.15, -0.1) is 10.2 Å². The fourth-order valence-electron chi connectivity index (χ4n) is 3.74. The summed E-state index contributed by atoms with van der Waals surface area (Å²) in [6, 6.07) is 11.5. The molecule has 4 aromatic rings. The van der Waals surface area contributed by atoms with Crippen LogP contribution < -0.4 is 10.9 Å². The van der Waals surface area contributed by atoms with Gasteiger partial charge in [-0.05, 0) is 61.6 Å². The summed E-state index contributed by atoms with van der Waals surface area (Å²) in [5.74, 6) is 0.952. The van der Waals surface area contributed by atoms with Crippen molar-refractivity contribution in [2.45, 2.75) is 64.0 Å². The highest BCUT2D eigenvalue weighted by atomic mass is 32.2. The van der Waals surface area contributed by atoms with E-state index in [1.165, 1.54) is 23.9 Å². The maximum absolute atomic E-state index is 13.4. The van der Waals surface area contributed by atoms with Crippen LogP contribution >= 0.6 is 11.8 Å². The number of hydrogen-bond donors (Lipinski definition) is 1. The lowest BCUT2D eigenvalue weighted by atomic mass is 10.1. The summed E-state index contributed by atoms with van der Waals surface area (Å²) >= 11 is 1.45. The number of thioether (sulfide) groups is 1. The van der Waals surface area contributed by atoms with Crippen LogP contribution in [0.1, 0.15) is 56.5 Å². The first-order valence-corrected chi connectivity index (χ1v) is 12.9. The second kappa shape index (κ2) is 10.6. The number of benzene rings is 2. The van der Waals surface area contributed by atoms with Crippen molar-refractivity contribution < 1.29 is 9.18 Å². The van der Waals surface area contributed by atoms with Crippen LogP contribution in [0.3, 0.4) is 0 Å². The van der Waals surface area contributed by atoms with Crippen molar-refractivity contribution in [1.82, 2.24) is 24.5 Å². The Kier molecular flexibility index (Phi) is 7.54. The number of nitrogens with zero attached hydrogens (tertiary/aromatic N) is 4. The number of fused-ring (bicyclic) bond motifs is 3. The third kappa shape index (κ3) is 5.40. The maximum atomic E-state index is 13.4. The standard InChI is InChI=1S/C26H30FN5O2S/c1-5-17(4)28-23(33)19-8-11-21-22(14-19)32-25(31(24(21)34)13-12-16(2)3)29-30-26(32)35-15-18-6-9-20(27)10-7-18/h6-11,14,16-17H,5,12-13,15H2,1-4H3,(H,28,33)/t17-/m0/s1. The van der Waals surface area contributed by atoms with Crippen molar-refractivity contribution in [2.24, 2.45) is 5.92 Å². The van der Waals surface area contributed by atoms with Gasteiger partial charge in [0.2, 0.25) is 5.78 Å². The number of aryl methyl sites for hydroxylation is 1. The van der Waals surface area contributed by atoms with E-state index in [2.05, 4.69) is 29.4 Å². The molecule has 2 aromatic heterocycles. The number of amides is 1. The molecule has 184 valence electrons. The monoisotopic (exact) mass is 495 g/mol. The first kappa shape index (κ1) is 24.9. The third-order valence-corrected chi connectivity index (χ3v) is 7.04. The molecule has 1 N–H and O–H groups in total. The summed E-state index contributed by atoms with van der Waals surface area (Å²) in [5.41, 5.74) is 1.86. The van der Waals surface area contributed by atoms with Crippen molar-refractivity contribution in [3.05, 3.63) is 69.8 Å². The van der Waals surface area contributed by atoms with Crippen LogP contribution in [0.25, 0.3) is 16.7 Å². The van der Waals surface area contributed by atoms with Crippen LogP contribution in [0.2, 0.25) is 0 Å². The first-order valence-electron chi connectivity index (χ1n) is 11.9. The molecule has 0 aliphatic heterocycles. The average molecular weight is 496 g/mol. The molecule has 4 rings (SSSR count). The molecule has 1 amide bonds. The molecule has 35 heavy (non-hydrogen) atoms. The van der Waals surface area contributed by atoms with Crippen LogP contribution in [0.5, 0.6) is 0 Å². The number of hydrogen-bond acceptors (Lipinski definition) is 5. The average Bonchev–Trinajstić information content (AvgIpc) is 3.27. The Morgan fingerprint density at radius 1 is 1.11 bits per heavy atom. The van der Waals surface area contributed by atoms with Gasteiger partial charge in [-0.2, -0.15) is 0 Å². The zero-order valence-corrected chi connectivity index (χ0v) is 21.2. The number of carbonyl (C=O) groups is 1. The van der Waals surface area contributed by atoms with E-state index in [0.29, 0.717) is 45.6 Å². The highest BCUT2D eigenvalue weighted by Gasteiger charge is 2.19. The van der Waals surface area contributed by atoms with E-state index < -0.39 is 0 Å². The van der Waals surface area contributed by atoms with Gasteiger partial charge in [0.1, 0.15) is 5.82 Å². The van der Waals surface area contributed by atoms with Gasteiger partial charge in [-0.25, -0.2) is 4.39 Å². The lowest BCUT2D eigenvalue weighted by Crippen LogP contribution is -2.32. The van der Waals surface area contributed by atoms with Crippen molar-refractivity contribution in [1.29, 1.82) is 0 Å². The van der Waals surface area contributed by atoms with E-state index in [0.717, 1.165) is 18.4 Å². The molecule has 9 heteroatoms. The zero-order valence-electron chi connectivity index (χ0n) is 20.4. The number of halogens is 1. The molecule has 0 saturated carbocycles. The number of nitrogens with one attached hydrogen (secondary N) is 1. The van der Waals surface area contributed by atoms with Gasteiger partial charge in [0.25, 0.3) is 11.5 Å². The summed E-state index contributed by atoms with van der Waals surface area (Å²) in [4.78, 5) is 26.2. The minimum absolute atomic E-state index is 0.0407. The molecule has 1 atom stereocenters. The molecule has 0 bridgehead atoms. The zero-order chi connectivity index (χ0) is 25.1. The van der Waals surface area contributed by atoms with Gasteiger partial charge in [0.15, 0.2) is 5.16 Å². The van der Waals surface area contributed by atoms with Crippen molar-refractivity contribution in [3.63, 3.8) is 0 Å². The Morgan fingerprint density at radius 2 is 1.86 bits per heavy atom. The molecule has 7 nitrogen and oxygen atoms in total. The summed E-state index contributed by atoms with van der Waals surface area (Å²) in [5, 5.41) is 12.8. The van der Waals surface area contributed by atoms with Gasteiger partial charge in [-0.1, -0.05) is 44.7 Å². The van der Waals surface area contributed by atoms with Gasteiger partial charge in [0, 0.05) is 23.9 Å². The van der Waals surface area contributed by atoms with Gasteiger partial charge in [-0.3, -0.25) is 18.6 Å². The van der Waals surface area contributed by atoms with Gasteiger partial charge >= 0.3 is 0 Å². The van der Waals surface area contributed by atoms with Crippen LogP contribution in [-0.4, -0.2) is 31.1 Å². The smallest absolute Gasteiger partial charge is 0.262 e.